The van der Waals surface area contributed by atoms with Gasteiger partial charge in [-0.3, -0.25) is 4.55 Å². The van der Waals surface area contributed by atoms with Gasteiger partial charge in [0.15, 0.2) is 15.6 Å². The first-order valence-corrected chi connectivity index (χ1v) is 16.6. The molecule has 1 unspecified atom stereocenters. The van der Waals surface area contributed by atoms with E-state index in [1.54, 1.807) is 30.3 Å². The lowest BCUT2D eigenvalue weighted by Gasteiger charge is -2.16. The number of fused-ring (bicyclic) bond motifs is 1. The van der Waals surface area contributed by atoms with E-state index >= 15 is 0 Å². The van der Waals surface area contributed by atoms with Gasteiger partial charge in [0.05, 0.1) is 16.6 Å². The van der Waals surface area contributed by atoms with Crippen LogP contribution in [0.4, 0.5) is 13.2 Å². The van der Waals surface area contributed by atoms with Gasteiger partial charge >= 0.3 is 6.18 Å². The van der Waals surface area contributed by atoms with Crippen LogP contribution in [-0.4, -0.2) is 42.7 Å². The van der Waals surface area contributed by atoms with Crippen molar-refractivity contribution in [2.75, 3.05) is 0 Å². The predicted octanol–water partition coefficient (Wildman–Crippen LogP) is 5.92. The van der Waals surface area contributed by atoms with Crippen LogP contribution in [0.3, 0.4) is 0 Å². The largest absolute Gasteiger partial charge is 0.489 e. The van der Waals surface area contributed by atoms with Crippen molar-refractivity contribution in [3.8, 4) is 16.9 Å². The van der Waals surface area contributed by atoms with Gasteiger partial charge in [-0.2, -0.15) is 21.6 Å². The van der Waals surface area contributed by atoms with E-state index in [4.69, 9.17) is 13.7 Å². The molecule has 0 radical (unpaired) electrons. The van der Waals surface area contributed by atoms with Gasteiger partial charge < -0.3 is 9.15 Å². The molecule has 0 saturated carbocycles. The van der Waals surface area contributed by atoms with Gasteiger partial charge in [-0.15, -0.1) is 21.5 Å². The maximum atomic E-state index is 13.5. The van der Waals surface area contributed by atoms with Crippen molar-refractivity contribution in [2.45, 2.75) is 36.0 Å². The van der Waals surface area contributed by atoms with Crippen LogP contribution in [0.2, 0.25) is 0 Å². The first-order valence-electron chi connectivity index (χ1n) is 12.5. The van der Waals surface area contributed by atoms with Gasteiger partial charge in [0.25, 0.3) is 10.1 Å². The minimum Gasteiger partial charge on any atom is -0.489 e. The quantitative estimate of drug-likeness (QED) is 0.170. The van der Waals surface area contributed by atoms with Gasteiger partial charge in [0.2, 0.25) is 11.8 Å². The third-order valence-electron chi connectivity index (χ3n) is 6.11. The summed E-state index contributed by atoms with van der Waals surface area (Å²) in [5.41, 5.74) is 2.88. The second kappa shape index (κ2) is 12.0. The summed E-state index contributed by atoms with van der Waals surface area (Å²) in [7, 11) is -9.18. The van der Waals surface area contributed by atoms with Crippen LogP contribution in [0.1, 0.15) is 34.0 Å². The monoisotopic (exact) mass is 653 g/mol. The van der Waals surface area contributed by atoms with Crippen LogP contribution in [0.25, 0.3) is 21.3 Å². The van der Waals surface area contributed by atoms with Crippen molar-refractivity contribution in [1.82, 2.24) is 15.2 Å². The Morgan fingerprint density at radius 2 is 1.53 bits per heavy atom. The highest BCUT2D eigenvalue weighted by atomic mass is 32.2. The minimum atomic E-state index is -4.85. The molecule has 2 heterocycles. The number of aromatic nitrogens is 3. The molecule has 0 amide bonds. The highest BCUT2D eigenvalue weighted by molar-refractivity contribution is 7.91. The van der Waals surface area contributed by atoms with E-state index in [-0.39, 0.29) is 5.01 Å². The number of thiazole rings is 1. The van der Waals surface area contributed by atoms with E-state index in [1.807, 2.05) is 42.5 Å². The second-order valence-electron chi connectivity index (χ2n) is 9.46. The molecule has 10 nitrogen and oxygen atoms in total. The average Bonchev–Trinajstić information content (AvgIpc) is 3.55. The molecule has 1 N–H and O–H groups in total. The third kappa shape index (κ3) is 8.16. The number of alkyl halides is 3. The standard InChI is InChI=1S/C27H22F3N3O7S3/c28-27(29,30)13-23(42(34,35)15-24-32-33-25(40-24)16-43(36,37)38)26-31-21-11-8-19(12-22(21)41-26)18-6-9-20(10-7-18)39-14-17-4-2-1-3-5-17/h1-12,23H,13-16H2,(H,36,37,38). The maximum Gasteiger partial charge on any atom is 0.390 e. The summed E-state index contributed by atoms with van der Waals surface area (Å²) in [6.07, 6.45) is -6.56. The molecule has 2 aromatic heterocycles. The Morgan fingerprint density at radius 3 is 2.19 bits per heavy atom. The normalized spacial score (nSPS) is 13.3. The number of hydrogen-bond acceptors (Lipinski definition) is 10. The summed E-state index contributed by atoms with van der Waals surface area (Å²) < 4.78 is 109. The SMILES string of the molecule is O=S(=O)(O)Cc1nnc(CS(=O)(=O)C(CC(F)(F)F)c2nc3ccc(-c4ccc(OCc5ccccc5)cc4)cc3s2)o1. The Hall–Kier alpha value is -3.86. The summed E-state index contributed by atoms with van der Waals surface area (Å²) in [5.74, 6) is -2.74. The van der Waals surface area contributed by atoms with E-state index < -0.39 is 61.1 Å². The van der Waals surface area contributed by atoms with Crippen molar-refractivity contribution in [2.24, 2.45) is 0 Å². The maximum absolute atomic E-state index is 13.5. The Bertz CT molecular complexity index is 1940. The number of hydrogen-bond donors (Lipinski definition) is 1. The van der Waals surface area contributed by atoms with Crippen LogP contribution in [0.5, 0.6) is 5.75 Å². The molecular weight excluding hydrogens is 632 g/mol. The fourth-order valence-electron chi connectivity index (χ4n) is 4.16. The number of halogens is 3. The van der Waals surface area contributed by atoms with E-state index in [1.165, 1.54) is 0 Å². The van der Waals surface area contributed by atoms with Crippen LogP contribution in [-0.2, 0) is 38.1 Å². The molecule has 3 aromatic carbocycles. The van der Waals surface area contributed by atoms with Gasteiger partial charge in [-0.05, 0) is 41.0 Å². The molecule has 1 atom stereocenters. The Kier molecular flexibility index (Phi) is 8.56. The van der Waals surface area contributed by atoms with Gasteiger partial charge in [-0.25, -0.2) is 13.4 Å². The van der Waals surface area contributed by atoms with Crippen LogP contribution < -0.4 is 4.74 Å². The Morgan fingerprint density at radius 1 is 0.884 bits per heavy atom. The fourth-order valence-corrected chi connectivity index (χ4v) is 7.62. The highest BCUT2D eigenvalue weighted by Crippen LogP contribution is 2.40. The summed E-state index contributed by atoms with van der Waals surface area (Å²) in [6.45, 7) is 0.399. The average molecular weight is 654 g/mol. The van der Waals surface area contributed by atoms with Gasteiger partial charge in [0.1, 0.15) is 28.4 Å². The lowest BCUT2D eigenvalue weighted by Crippen LogP contribution is -2.22. The number of benzene rings is 3. The molecule has 16 heteroatoms. The molecule has 0 bridgehead atoms. The zero-order valence-electron chi connectivity index (χ0n) is 21.9. The molecule has 0 saturated heterocycles. The number of nitrogens with zero attached hydrogens (tertiary/aromatic N) is 3. The number of ether oxygens (including phenoxy) is 1. The molecular formula is C27H22F3N3O7S3. The lowest BCUT2D eigenvalue weighted by atomic mass is 10.1. The Labute approximate surface area is 247 Å². The predicted molar refractivity (Wildman–Crippen MR) is 151 cm³/mol. The molecule has 5 rings (SSSR count). The van der Waals surface area contributed by atoms with Crippen LogP contribution >= 0.6 is 11.3 Å². The highest BCUT2D eigenvalue weighted by Gasteiger charge is 2.42. The van der Waals surface area contributed by atoms with Crippen molar-refractivity contribution >= 4 is 41.5 Å². The third-order valence-corrected chi connectivity index (χ3v) is 9.90. The first kappa shape index (κ1) is 30.6. The van der Waals surface area contributed by atoms with Crippen molar-refractivity contribution in [3.63, 3.8) is 0 Å². The van der Waals surface area contributed by atoms with Crippen molar-refractivity contribution in [1.29, 1.82) is 0 Å². The molecule has 0 spiro atoms. The van der Waals surface area contributed by atoms with Crippen LogP contribution in [0.15, 0.2) is 77.2 Å². The van der Waals surface area contributed by atoms with Gasteiger partial charge in [0, 0.05) is 0 Å². The number of sulfone groups is 1. The molecule has 43 heavy (non-hydrogen) atoms. The second-order valence-corrected chi connectivity index (χ2v) is 14.2. The summed E-state index contributed by atoms with van der Waals surface area (Å²) in [5, 5.41) is 4.38. The van der Waals surface area contributed by atoms with Crippen LogP contribution in [0, 0.1) is 0 Å². The fraction of sp³-hybridized carbons (Fsp3) is 0.222. The lowest BCUT2D eigenvalue weighted by molar-refractivity contribution is -0.134. The summed E-state index contributed by atoms with van der Waals surface area (Å²) >= 11 is 0.820. The minimum absolute atomic E-state index is 0.271. The molecule has 0 aliphatic heterocycles. The zero-order chi connectivity index (χ0) is 30.8. The summed E-state index contributed by atoms with van der Waals surface area (Å²) in [6, 6.07) is 22.0. The molecule has 0 aliphatic carbocycles. The van der Waals surface area contributed by atoms with Crippen molar-refractivity contribution < 1.29 is 43.7 Å². The summed E-state index contributed by atoms with van der Waals surface area (Å²) in [4.78, 5) is 4.20. The smallest absolute Gasteiger partial charge is 0.390 e. The first-order chi connectivity index (χ1) is 20.2. The van der Waals surface area contributed by atoms with E-state index in [9.17, 15) is 30.0 Å². The molecule has 226 valence electrons. The van der Waals surface area contributed by atoms with E-state index in [0.29, 0.717) is 22.6 Å². The van der Waals surface area contributed by atoms with E-state index in [2.05, 4.69) is 15.2 Å². The topological polar surface area (TPSA) is 150 Å². The Balaban J connectivity index is 1.37. The van der Waals surface area contributed by atoms with E-state index in [0.717, 1.165) is 28.0 Å². The number of rotatable bonds is 11. The zero-order valence-corrected chi connectivity index (χ0v) is 24.4. The molecule has 5 aromatic rings. The van der Waals surface area contributed by atoms with Crippen molar-refractivity contribution in [3.05, 3.63) is 95.1 Å². The molecule has 0 aliphatic rings. The van der Waals surface area contributed by atoms with Gasteiger partial charge in [-0.1, -0.05) is 48.5 Å². The molecule has 0 fully saturated rings.